The van der Waals surface area contributed by atoms with Crippen molar-refractivity contribution < 1.29 is 22.7 Å². The van der Waals surface area contributed by atoms with Crippen LogP contribution in [-0.2, 0) is 14.8 Å². The molecule has 138 valence electrons. The average Bonchev–Trinajstić information content (AvgIpc) is 2.67. The van der Waals surface area contributed by atoms with Gasteiger partial charge in [-0.1, -0.05) is 30.3 Å². The Balaban J connectivity index is 2.05. The third kappa shape index (κ3) is 3.25. The second-order valence-corrected chi connectivity index (χ2v) is 7.63. The van der Waals surface area contributed by atoms with E-state index < -0.39 is 16.1 Å². The minimum absolute atomic E-state index is 0.0470. The maximum absolute atomic E-state index is 13.2. The van der Waals surface area contributed by atoms with Crippen molar-refractivity contribution in [2.24, 2.45) is 0 Å². The number of hydrogen-bond acceptors (Lipinski definition) is 5. The first-order valence-electron chi connectivity index (χ1n) is 8.05. The van der Waals surface area contributed by atoms with Crippen LogP contribution in [0.25, 0.3) is 0 Å². The molecule has 0 aliphatic carbocycles. The van der Waals surface area contributed by atoms with Gasteiger partial charge in [0, 0.05) is 19.2 Å². The number of hydrogen-bond donors (Lipinski definition) is 1. The number of amides is 1. The summed E-state index contributed by atoms with van der Waals surface area (Å²) in [6.45, 7) is 0.441. The number of benzene rings is 2. The molecule has 7 nitrogen and oxygen atoms in total. The van der Waals surface area contributed by atoms with E-state index in [0.29, 0.717) is 17.1 Å². The molecular weight excluding hydrogens is 356 g/mol. The summed E-state index contributed by atoms with van der Waals surface area (Å²) >= 11 is 0. The van der Waals surface area contributed by atoms with Gasteiger partial charge in [-0.25, -0.2) is 8.42 Å². The lowest BCUT2D eigenvalue weighted by Crippen LogP contribution is -2.52. The number of sulfonamides is 1. The van der Waals surface area contributed by atoms with Crippen LogP contribution in [0.1, 0.15) is 11.6 Å². The normalized spacial score (nSPS) is 18.2. The highest BCUT2D eigenvalue weighted by Crippen LogP contribution is 2.34. The Morgan fingerprint density at radius 1 is 1.04 bits per heavy atom. The predicted octanol–water partition coefficient (Wildman–Crippen LogP) is 1.57. The molecular formula is C18H20N2O5S. The molecule has 1 atom stereocenters. The molecule has 1 amide bonds. The van der Waals surface area contributed by atoms with E-state index in [0.717, 1.165) is 0 Å². The van der Waals surface area contributed by atoms with E-state index in [4.69, 9.17) is 9.47 Å². The number of nitrogens with one attached hydrogen (secondary N) is 1. The smallest absolute Gasteiger partial charge is 0.244 e. The minimum Gasteiger partial charge on any atom is -0.493 e. The fourth-order valence-corrected chi connectivity index (χ4v) is 4.56. The highest BCUT2D eigenvalue weighted by atomic mass is 32.2. The van der Waals surface area contributed by atoms with E-state index in [2.05, 4.69) is 5.32 Å². The van der Waals surface area contributed by atoms with E-state index in [1.165, 1.54) is 36.7 Å². The van der Waals surface area contributed by atoms with Crippen molar-refractivity contribution in [1.82, 2.24) is 9.62 Å². The van der Waals surface area contributed by atoms with Gasteiger partial charge in [-0.2, -0.15) is 4.31 Å². The summed E-state index contributed by atoms with van der Waals surface area (Å²) in [5.74, 6) is 0.403. The Kier molecular flexibility index (Phi) is 5.15. The first-order chi connectivity index (χ1) is 12.5. The maximum Gasteiger partial charge on any atom is 0.244 e. The lowest BCUT2D eigenvalue weighted by Gasteiger charge is -2.34. The molecule has 1 aliphatic heterocycles. The number of ether oxygens (including phenoxy) is 2. The Bertz CT molecular complexity index is 899. The lowest BCUT2D eigenvalue weighted by molar-refractivity contribution is -0.126. The second kappa shape index (κ2) is 7.35. The lowest BCUT2D eigenvalue weighted by atomic mass is 10.1. The third-order valence-electron chi connectivity index (χ3n) is 4.24. The van der Waals surface area contributed by atoms with E-state index >= 15 is 0 Å². The van der Waals surface area contributed by atoms with Gasteiger partial charge in [0.05, 0.1) is 19.1 Å². The molecule has 0 saturated carbocycles. The molecule has 2 aromatic carbocycles. The summed E-state index contributed by atoms with van der Waals surface area (Å²) in [7, 11) is -0.994. The molecule has 1 heterocycles. The van der Waals surface area contributed by atoms with Crippen LogP contribution < -0.4 is 14.8 Å². The van der Waals surface area contributed by atoms with E-state index in [1.54, 1.807) is 24.3 Å². The molecule has 1 N–H and O–H groups in total. The van der Waals surface area contributed by atoms with Gasteiger partial charge in [-0.15, -0.1) is 0 Å². The fourth-order valence-electron chi connectivity index (χ4n) is 2.97. The van der Waals surface area contributed by atoms with Gasteiger partial charge in [0.25, 0.3) is 0 Å². The molecule has 1 aliphatic rings. The van der Waals surface area contributed by atoms with E-state index in [1.807, 2.05) is 6.07 Å². The van der Waals surface area contributed by atoms with Gasteiger partial charge < -0.3 is 14.8 Å². The summed E-state index contributed by atoms with van der Waals surface area (Å²) in [6.07, 6.45) is 0. The number of piperazine rings is 1. The first-order valence-corrected chi connectivity index (χ1v) is 9.49. The van der Waals surface area contributed by atoms with Crippen molar-refractivity contribution in [1.29, 1.82) is 0 Å². The summed E-state index contributed by atoms with van der Waals surface area (Å²) in [6, 6.07) is 12.3. The highest BCUT2D eigenvalue weighted by molar-refractivity contribution is 7.89. The minimum atomic E-state index is -3.91. The standard InChI is InChI=1S/C18H20N2O5S/c1-24-15-9-8-14(12-16(15)25-2)26(22,23)20-11-10-19-18(21)17(20)13-6-4-3-5-7-13/h3-9,12,17H,10-11H2,1-2H3,(H,19,21). The fraction of sp³-hybridized carbons (Fsp3) is 0.278. The Morgan fingerprint density at radius 3 is 2.38 bits per heavy atom. The van der Waals surface area contributed by atoms with Crippen molar-refractivity contribution in [2.75, 3.05) is 27.3 Å². The maximum atomic E-state index is 13.2. The number of methoxy groups -OCH3 is 2. The van der Waals surface area contributed by atoms with Crippen LogP contribution in [0.5, 0.6) is 11.5 Å². The predicted molar refractivity (Wildman–Crippen MR) is 95.6 cm³/mol. The van der Waals surface area contributed by atoms with E-state index in [9.17, 15) is 13.2 Å². The SMILES string of the molecule is COc1ccc(S(=O)(=O)N2CCNC(=O)C2c2ccccc2)cc1OC. The van der Waals surface area contributed by atoms with Crippen LogP contribution in [0.2, 0.25) is 0 Å². The molecule has 1 unspecified atom stereocenters. The Labute approximate surface area is 152 Å². The molecule has 0 radical (unpaired) electrons. The van der Waals surface area contributed by atoms with Gasteiger partial charge in [-0.05, 0) is 17.7 Å². The van der Waals surface area contributed by atoms with Crippen molar-refractivity contribution in [3.63, 3.8) is 0 Å². The molecule has 2 aromatic rings. The molecule has 1 saturated heterocycles. The first kappa shape index (κ1) is 18.2. The number of carbonyl (C=O) groups excluding carboxylic acids is 1. The van der Waals surface area contributed by atoms with Crippen molar-refractivity contribution in [3.8, 4) is 11.5 Å². The number of carbonyl (C=O) groups is 1. The van der Waals surface area contributed by atoms with Crippen LogP contribution in [-0.4, -0.2) is 45.9 Å². The Hall–Kier alpha value is -2.58. The van der Waals surface area contributed by atoms with Gasteiger partial charge in [0.1, 0.15) is 6.04 Å². The summed E-state index contributed by atoms with van der Waals surface area (Å²) in [5.41, 5.74) is 0.619. The zero-order chi connectivity index (χ0) is 18.7. The van der Waals surface area contributed by atoms with Crippen LogP contribution in [0, 0.1) is 0 Å². The molecule has 3 rings (SSSR count). The van der Waals surface area contributed by atoms with Gasteiger partial charge in [0.15, 0.2) is 11.5 Å². The molecule has 0 aromatic heterocycles. The van der Waals surface area contributed by atoms with Gasteiger partial charge >= 0.3 is 0 Å². The number of nitrogens with zero attached hydrogens (tertiary/aromatic N) is 1. The topological polar surface area (TPSA) is 84.9 Å². The zero-order valence-electron chi connectivity index (χ0n) is 14.5. The van der Waals surface area contributed by atoms with Crippen LogP contribution >= 0.6 is 0 Å². The average molecular weight is 376 g/mol. The van der Waals surface area contributed by atoms with E-state index in [-0.39, 0.29) is 23.9 Å². The quantitative estimate of drug-likeness (QED) is 0.856. The monoisotopic (exact) mass is 376 g/mol. The zero-order valence-corrected chi connectivity index (χ0v) is 15.3. The van der Waals surface area contributed by atoms with Crippen molar-refractivity contribution in [2.45, 2.75) is 10.9 Å². The summed E-state index contributed by atoms with van der Waals surface area (Å²) in [5, 5.41) is 2.74. The Morgan fingerprint density at radius 2 is 1.73 bits per heavy atom. The highest BCUT2D eigenvalue weighted by Gasteiger charge is 2.39. The van der Waals surface area contributed by atoms with Crippen molar-refractivity contribution in [3.05, 3.63) is 54.1 Å². The summed E-state index contributed by atoms with van der Waals surface area (Å²) < 4.78 is 38.1. The van der Waals surface area contributed by atoms with Gasteiger partial charge in [-0.3, -0.25) is 4.79 Å². The van der Waals surface area contributed by atoms with Crippen LogP contribution in [0.3, 0.4) is 0 Å². The summed E-state index contributed by atoms with van der Waals surface area (Å²) in [4.78, 5) is 12.5. The van der Waals surface area contributed by atoms with Gasteiger partial charge in [0.2, 0.25) is 15.9 Å². The van der Waals surface area contributed by atoms with Crippen LogP contribution in [0.4, 0.5) is 0 Å². The molecule has 0 spiro atoms. The van der Waals surface area contributed by atoms with Crippen molar-refractivity contribution >= 4 is 15.9 Å². The molecule has 8 heteroatoms. The third-order valence-corrected chi connectivity index (χ3v) is 6.11. The number of rotatable bonds is 5. The second-order valence-electron chi connectivity index (χ2n) is 5.74. The molecule has 26 heavy (non-hydrogen) atoms. The largest absolute Gasteiger partial charge is 0.493 e. The van der Waals surface area contributed by atoms with Crippen LogP contribution in [0.15, 0.2) is 53.4 Å². The molecule has 0 bridgehead atoms. The molecule has 1 fully saturated rings.